The minimum absolute atomic E-state index is 0.158. The van der Waals surface area contributed by atoms with E-state index in [0.29, 0.717) is 30.1 Å². The van der Waals surface area contributed by atoms with Crippen LogP contribution in [0.1, 0.15) is 53.8 Å². The van der Waals surface area contributed by atoms with Crippen molar-refractivity contribution < 1.29 is 33.0 Å². The van der Waals surface area contributed by atoms with Crippen LogP contribution in [-0.2, 0) is 14.3 Å². The highest BCUT2D eigenvalue weighted by Crippen LogP contribution is 2.32. The van der Waals surface area contributed by atoms with E-state index in [2.05, 4.69) is 15.6 Å². The van der Waals surface area contributed by atoms with Gasteiger partial charge in [0.15, 0.2) is 10.9 Å². The molecule has 2 heterocycles. The van der Waals surface area contributed by atoms with E-state index in [1.807, 2.05) is 0 Å². The van der Waals surface area contributed by atoms with Gasteiger partial charge in [-0.1, -0.05) is 38.1 Å². The fraction of sp³-hybridized carbons (Fsp3) is 0.321. The number of urea groups is 1. The van der Waals surface area contributed by atoms with Crippen LogP contribution in [0.2, 0.25) is 0 Å². The maximum atomic E-state index is 13.6. The lowest BCUT2D eigenvalue weighted by Crippen LogP contribution is -2.50. The van der Waals surface area contributed by atoms with E-state index in [-0.39, 0.29) is 23.0 Å². The zero-order valence-corrected chi connectivity index (χ0v) is 23.0. The molecule has 0 radical (unpaired) electrons. The van der Waals surface area contributed by atoms with Gasteiger partial charge in [0, 0.05) is 24.8 Å². The van der Waals surface area contributed by atoms with Gasteiger partial charge in [-0.15, -0.1) is 11.3 Å². The van der Waals surface area contributed by atoms with Crippen molar-refractivity contribution in [3.05, 3.63) is 76.5 Å². The van der Waals surface area contributed by atoms with Gasteiger partial charge in [0.1, 0.15) is 36.0 Å². The van der Waals surface area contributed by atoms with Crippen LogP contribution in [0.5, 0.6) is 5.75 Å². The molecule has 1 saturated heterocycles. The Bertz CT molecular complexity index is 1380. The Kier molecular flexibility index (Phi) is 9.22. The number of carbonyl (C=O) groups excluding carboxylic acids is 4. The Morgan fingerprint density at radius 3 is 2.48 bits per heavy atom. The molecule has 1 fully saturated rings. The Morgan fingerprint density at radius 1 is 1.12 bits per heavy atom. The summed E-state index contributed by atoms with van der Waals surface area (Å²) in [4.78, 5) is 57.5. The number of amides is 4. The first-order valence-electron chi connectivity index (χ1n) is 12.6. The molecule has 4 rings (SSSR count). The summed E-state index contributed by atoms with van der Waals surface area (Å²) in [5, 5.41) is 7.00. The summed E-state index contributed by atoms with van der Waals surface area (Å²) in [6.07, 6.45) is 0.255. The second-order valence-electron chi connectivity index (χ2n) is 9.09. The summed E-state index contributed by atoms with van der Waals surface area (Å²) in [5.74, 6) is -2.07. The second kappa shape index (κ2) is 12.8. The van der Waals surface area contributed by atoms with E-state index in [1.54, 1.807) is 45.2 Å². The number of ketones is 1. The molecular weight excluding hydrogens is 539 g/mol. The monoisotopic (exact) mass is 568 g/mol. The molecule has 1 unspecified atom stereocenters. The molecule has 2 N–H and O–H groups in total. The number of halogens is 1. The number of benzene rings is 2. The molecule has 0 aliphatic carbocycles. The Hall–Kier alpha value is -4.16. The summed E-state index contributed by atoms with van der Waals surface area (Å²) >= 11 is 1.06. The largest absolute Gasteiger partial charge is 0.491 e. The van der Waals surface area contributed by atoms with E-state index in [4.69, 9.17) is 9.47 Å². The normalized spacial score (nSPS) is 16.4. The molecule has 12 heteroatoms. The average Bonchev–Trinajstić information content (AvgIpc) is 3.53. The first kappa shape index (κ1) is 28.8. The number of methoxy groups -OCH3 is 1. The molecule has 0 saturated carbocycles. The number of nitrogens with one attached hydrogen (secondary N) is 2. The molecule has 1 aliphatic heterocycles. The maximum Gasteiger partial charge on any atom is 0.325 e. The third-order valence-corrected chi connectivity index (χ3v) is 7.26. The third-order valence-electron chi connectivity index (χ3n) is 6.50. The van der Waals surface area contributed by atoms with E-state index >= 15 is 0 Å². The van der Waals surface area contributed by atoms with Crippen LogP contribution in [0.15, 0.2) is 53.9 Å². The summed E-state index contributed by atoms with van der Waals surface area (Å²) in [5.41, 5.74) is 1.27. The fourth-order valence-corrected chi connectivity index (χ4v) is 5.04. The van der Waals surface area contributed by atoms with Crippen molar-refractivity contribution in [3.63, 3.8) is 0 Å². The van der Waals surface area contributed by atoms with Gasteiger partial charge in [-0.25, -0.2) is 19.1 Å². The number of aromatic nitrogens is 1. The maximum absolute atomic E-state index is 13.6. The SMILES string of the molecule is CCC(=O)c1csc(NC(=O)C([C@@H](C)c2ccc(F)cc2)N2C(=O)N[C@H](c3ccc(OCCOC)cc3)C2=O)n1. The third kappa shape index (κ3) is 6.35. The van der Waals surface area contributed by atoms with Gasteiger partial charge in [0.2, 0.25) is 5.91 Å². The highest BCUT2D eigenvalue weighted by atomic mass is 32.1. The van der Waals surface area contributed by atoms with E-state index in [9.17, 15) is 23.6 Å². The van der Waals surface area contributed by atoms with Crippen LogP contribution in [0, 0.1) is 5.82 Å². The highest BCUT2D eigenvalue weighted by Gasteiger charge is 2.47. The summed E-state index contributed by atoms with van der Waals surface area (Å²) < 4.78 is 24.1. The number of hydrogen-bond donors (Lipinski definition) is 2. The topological polar surface area (TPSA) is 127 Å². The van der Waals surface area contributed by atoms with Crippen LogP contribution < -0.4 is 15.4 Å². The van der Waals surface area contributed by atoms with Crippen LogP contribution in [0.25, 0.3) is 0 Å². The van der Waals surface area contributed by atoms with Crippen molar-refractivity contribution in [2.24, 2.45) is 0 Å². The summed E-state index contributed by atoms with van der Waals surface area (Å²) in [6.45, 7) is 4.15. The fourth-order valence-electron chi connectivity index (χ4n) is 4.32. The van der Waals surface area contributed by atoms with Crippen LogP contribution in [0.4, 0.5) is 14.3 Å². The zero-order chi connectivity index (χ0) is 28.8. The standard InChI is InChI=1S/C28H29FN4O6S/c1-4-22(34)21-15-40-27(30-21)32-25(35)24(16(2)17-5-9-19(29)10-6-17)33-26(36)23(31-28(33)37)18-7-11-20(12-8-18)39-14-13-38-3/h5-12,15-16,23-24H,4,13-14H2,1-3H3,(H,31,37)(H,30,32,35)/t16-,23+,24?/m0/s1. The lowest BCUT2D eigenvalue weighted by atomic mass is 9.91. The summed E-state index contributed by atoms with van der Waals surface area (Å²) in [6, 6.07) is 9.10. The second-order valence-corrected chi connectivity index (χ2v) is 9.95. The van der Waals surface area contributed by atoms with Crippen molar-refractivity contribution >= 4 is 40.1 Å². The van der Waals surface area contributed by atoms with Gasteiger partial charge in [-0.2, -0.15) is 0 Å². The number of rotatable bonds is 12. The van der Waals surface area contributed by atoms with Crippen LogP contribution in [0.3, 0.4) is 0 Å². The molecule has 210 valence electrons. The van der Waals surface area contributed by atoms with Crippen molar-refractivity contribution in [1.29, 1.82) is 0 Å². The number of hydrogen-bond acceptors (Lipinski definition) is 8. The number of thiazole rings is 1. The summed E-state index contributed by atoms with van der Waals surface area (Å²) in [7, 11) is 1.57. The van der Waals surface area contributed by atoms with Crippen molar-refractivity contribution in [2.75, 3.05) is 25.6 Å². The van der Waals surface area contributed by atoms with E-state index in [1.165, 1.54) is 29.6 Å². The molecule has 3 aromatic rings. The van der Waals surface area contributed by atoms with Gasteiger partial charge >= 0.3 is 6.03 Å². The first-order chi connectivity index (χ1) is 19.2. The van der Waals surface area contributed by atoms with Crippen molar-refractivity contribution in [1.82, 2.24) is 15.2 Å². The highest BCUT2D eigenvalue weighted by molar-refractivity contribution is 7.14. The smallest absolute Gasteiger partial charge is 0.325 e. The molecular formula is C28H29FN4O6S. The molecule has 0 spiro atoms. The number of anilines is 1. The van der Waals surface area contributed by atoms with Crippen LogP contribution >= 0.6 is 11.3 Å². The van der Waals surface area contributed by atoms with Gasteiger partial charge < -0.3 is 20.1 Å². The number of nitrogens with zero attached hydrogens (tertiary/aromatic N) is 2. The Balaban J connectivity index is 1.61. The lowest BCUT2D eigenvalue weighted by Gasteiger charge is -2.29. The molecule has 40 heavy (non-hydrogen) atoms. The van der Waals surface area contributed by atoms with Crippen LogP contribution in [-0.4, -0.2) is 59.9 Å². The Morgan fingerprint density at radius 2 is 1.82 bits per heavy atom. The number of Topliss-reactive ketones (excluding diaryl/α,β-unsaturated/α-hetero) is 1. The number of imide groups is 1. The quantitative estimate of drug-likeness (QED) is 0.189. The Labute approximate surface area is 234 Å². The predicted octanol–water partition coefficient (Wildman–Crippen LogP) is 4.30. The molecule has 10 nitrogen and oxygen atoms in total. The zero-order valence-electron chi connectivity index (χ0n) is 22.2. The lowest BCUT2D eigenvalue weighted by molar-refractivity contribution is -0.134. The van der Waals surface area contributed by atoms with E-state index < -0.39 is 41.7 Å². The predicted molar refractivity (Wildman–Crippen MR) is 146 cm³/mol. The minimum Gasteiger partial charge on any atom is -0.491 e. The number of carbonyl (C=O) groups is 4. The number of ether oxygens (including phenoxy) is 2. The van der Waals surface area contributed by atoms with Gasteiger partial charge in [0.25, 0.3) is 5.91 Å². The first-order valence-corrected chi connectivity index (χ1v) is 13.5. The van der Waals surface area contributed by atoms with Gasteiger partial charge in [-0.05, 0) is 35.4 Å². The molecule has 1 aromatic heterocycles. The molecule has 0 bridgehead atoms. The average molecular weight is 569 g/mol. The molecule has 1 aliphatic rings. The van der Waals surface area contributed by atoms with Crippen molar-refractivity contribution in [3.8, 4) is 5.75 Å². The molecule has 3 atom stereocenters. The van der Waals surface area contributed by atoms with Crippen molar-refractivity contribution in [2.45, 2.75) is 38.3 Å². The van der Waals surface area contributed by atoms with Gasteiger partial charge in [-0.3, -0.25) is 14.4 Å². The molecule has 2 aromatic carbocycles. The van der Waals surface area contributed by atoms with E-state index in [0.717, 1.165) is 16.2 Å². The minimum atomic E-state index is -1.30. The molecule has 4 amide bonds. The van der Waals surface area contributed by atoms with Gasteiger partial charge in [0.05, 0.1) is 6.61 Å².